The summed E-state index contributed by atoms with van der Waals surface area (Å²) in [6, 6.07) is 23.8. The Morgan fingerprint density at radius 1 is 1.00 bits per heavy atom. The smallest absolute Gasteiger partial charge is 0.340 e. The van der Waals surface area contributed by atoms with Gasteiger partial charge in [0.2, 0.25) is 0 Å². The van der Waals surface area contributed by atoms with E-state index in [-0.39, 0.29) is 0 Å². The molecule has 0 aliphatic heterocycles. The molecule has 0 aliphatic rings. The molecule has 0 unspecified atom stereocenters. The van der Waals surface area contributed by atoms with Crippen LogP contribution in [0.15, 0.2) is 66.7 Å². The highest BCUT2D eigenvalue weighted by Gasteiger charge is 2.19. The van der Waals surface area contributed by atoms with Gasteiger partial charge in [0.25, 0.3) is 6.01 Å². The third-order valence-corrected chi connectivity index (χ3v) is 5.17. The van der Waals surface area contributed by atoms with Crippen LogP contribution in [-0.4, -0.2) is 28.7 Å². The van der Waals surface area contributed by atoms with Crippen LogP contribution in [0, 0.1) is 11.3 Å². The molecule has 0 amide bonds. The zero-order chi connectivity index (χ0) is 22.5. The minimum absolute atomic E-state index is 0.301. The number of carbonyl (C=O) groups is 1. The van der Waals surface area contributed by atoms with Crippen molar-refractivity contribution < 1.29 is 14.3 Å². The Kier molecular flexibility index (Phi) is 6.18. The zero-order valence-electron chi connectivity index (χ0n) is 18.0. The summed E-state index contributed by atoms with van der Waals surface area (Å²) in [6.07, 6.45) is 0. The van der Waals surface area contributed by atoms with Crippen molar-refractivity contribution in [2.75, 3.05) is 13.2 Å². The normalized spacial score (nSPS) is 10.7. The van der Waals surface area contributed by atoms with Gasteiger partial charge in [-0.05, 0) is 48.7 Å². The van der Waals surface area contributed by atoms with Crippen LogP contribution < -0.4 is 4.74 Å². The fraction of sp³-hybridized carbons (Fsp3) is 0.192. The molecule has 0 radical (unpaired) electrons. The lowest BCUT2D eigenvalue weighted by molar-refractivity contribution is 0.0528. The van der Waals surface area contributed by atoms with Crippen molar-refractivity contribution >= 4 is 17.0 Å². The number of imidazole rings is 1. The average Bonchev–Trinajstić information content (AvgIpc) is 3.17. The lowest BCUT2D eigenvalue weighted by Gasteiger charge is -2.11. The first-order valence-corrected chi connectivity index (χ1v) is 10.5. The molecule has 160 valence electrons. The Balaban J connectivity index is 1.71. The van der Waals surface area contributed by atoms with Crippen LogP contribution in [0.1, 0.15) is 35.3 Å². The number of ether oxygens (including phenoxy) is 2. The van der Waals surface area contributed by atoms with Gasteiger partial charge < -0.3 is 9.47 Å². The average molecular weight is 425 g/mol. The Labute approximate surface area is 186 Å². The molecule has 6 nitrogen and oxygen atoms in total. The molecule has 0 saturated carbocycles. The first-order valence-electron chi connectivity index (χ1n) is 10.5. The number of esters is 1. The van der Waals surface area contributed by atoms with E-state index < -0.39 is 5.97 Å². The first kappa shape index (κ1) is 21.1. The van der Waals surface area contributed by atoms with E-state index in [1.807, 2.05) is 72.2 Å². The summed E-state index contributed by atoms with van der Waals surface area (Å²) in [5, 5.41) is 9.38. The van der Waals surface area contributed by atoms with E-state index in [1.165, 1.54) is 0 Å². The number of hydrogen-bond donors (Lipinski definition) is 0. The maximum Gasteiger partial charge on any atom is 0.340 e. The van der Waals surface area contributed by atoms with E-state index in [1.54, 1.807) is 13.0 Å². The van der Waals surface area contributed by atoms with Crippen molar-refractivity contribution in [3.63, 3.8) is 0 Å². The summed E-state index contributed by atoms with van der Waals surface area (Å²) in [4.78, 5) is 17.0. The van der Waals surface area contributed by atoms with Crippen LogP contribution in [-0.2, 0) is 11.3 Å². The van der Waals surface area contributed by atoms with E-state index in [0.29, 0.717) is 42.4 Å². The monoisotopic (exact) mass is 425 g/mol. The molecule has 4 aromatic rings. The van der Waals surface area contributed by atoms with Crippen molar-refractivity contribution in [1.82, 2.24) is 9.55 Å². The molecular formula is C26H23N3O3. The van der Waals surface area contributed by atoms with Crippen molar-refractivity contribution in [2.45, 2.75) is 20.4 Å². The van der Waals surface area contributed by atoms with Crippen LogP contribution in [0.4, 0.5) is 0 Å². The number of para-hydroxylation sites is 1. The van der Waals surface area contributed by atoms with Crippen molar-refractivity contribution in [2.24, 2.45) is 0 Å². The molecule has 6 heteroatoms. The quantitative estimate of drug-likeness (QED) is 0.381. The van der Waals surface area contributed by atoms with Gasteiger partial charge >= 0.3 is 5.97 Å². The highest BCUT2D eigenvalue weighted by atomic mass is 16.5. The fourth-order valence-corrected chi connectivity index (χ4v) is 3.70. The molecule has 1 aromatic heterocycles. The second-order valence-corrected chi connectivity index (χ2v) is 7.16. The summed E-state index contributed by atoms with van der Waals surface area (Å²) < 4.78 is 12.9. The lowest BCUT2D eigenvalue weighted by Crippen LogP contribution is -2.06. The second kappa shape index (κ2) is 9.36. The van der Waals surface area contributed by atoms with E-state index in [9.17, 15) is 10.1 Å². The molecular weight excluding hydrogens is 402 g/mol. The van der Waals surface area contributed by atoms with E-state index in [0.717, 1.165) is 22.2 Å². The number of fused-ring (bicyclic) bond motifs is 1. The number of nitrogens with zero attached hydrogens (tertiary/aromatic N) is 3. The Bertz CT molecular complexity index is 1300. The van der Waals surface area contributed by atoms with Gasteiger partial charge in [-0.25, -0.2) is 4.79 Å². The van der Waals surface area contributed by atoms with Crippen molar-refractivity contribution in [3.8, 4) is 23.2 Å². The van der Waals surface area contributed by atoms with Crippen LogP contribution in [0.5, 0.6) is 6.01 Å². The third kappa shape index (κ3) is 4.06. The standard InChI is InChI=1S/C26H23N3O3/c1-3-31-25(30)22-10-7-11-23-24(22)28-26(32-4-2)29(23)17-18-12-14-19(15-13-18)21-9-6-5-8-20(21)16-27/h5-15H,3-4,17H2,1-2H3. The summed E-state index contributed by atoms with van der Waals surface area (Å²) in [5.74, 6) is -0.397. The van der Waals surface area contributed by atoms with Crippen LogP contribution in [0.25, 0.3) is 22.2 Å². The van der Waals surface area contributed by atoms with Gasteiger partial charge in [-0.2, -0.15) is 10.2 Å². The van der Waals surface area contributed by atoms with Crippen molar-refractivity contribution in [1.29, 1.82) is 5.26 Å². The number of aromatic nitrogens is 2. The number of hydrogen-bond acceptors (Lipinski definition) is 5. The number of carbonyl (C=O) groups excluding carboxylic acids is 1. The topological polar surface area (TPSA) is 77.1 Å². The number of benzene rings is 3. The van der Waals surface area contributed by atoms with E-state index in [2.05, 4.69) is 11.1 Å². The van der Waals surface area contributed by atoms with Gasteiger partial charge in [-0.15, -0.1) is 0 Å². The molecule has 0 N–H and O–H groups in total. The van der Waals surface area contributed by atoms with Gasteiger partial charge in [0.15, 0.2) is 0 Å². The highest BCUT2D eigenvalue weighted by Crippen LogP contribution is 2.28. The summed E-state index contributed by atoms with van der Waals surface area (Å²) in [5.41, 5.74) is 5.37. The summed E-state index contributed by atoms with van der Waals surface area (Å²) >= 11 is 0. The van der Waals surface area contributed by atoms with Crippen molar-refractivity contribution in [3.05, 3.63) is 83.4 Å². The predicted molar refractivity (Wildman–Crippen MR) is 123 cm³/mol. The Morgan fingerprint density at radius 2 is 1.78 bits per heavy atom. The number of nitriles is 1. The molecule has 4 rings (SSSR count). The van der Waals surface area contributed by atoms with Gasteiger partial charge in [-0.3, -0.25) is 4.57 Å². The van der Waals surface area contributed by atoms with Gasteiger partial charge in [0.05, 0.1) is 42.5 Å². The number of rotatable bonds is 7. The molecule has 1 heterocycles. The molecule has 0 fully saturated rings. The minimum atomic E-state index is -0.397. The molecule has 0 aliphatic carbocycles. The van der Waals surface area contributed by atoms with Gasteiger partial charge in [-0.1, -0.05) is 48.5 Å². The summed E-state index contributed by atoms with van der Waals surface area (Å²) in [6.45, 7) is 4.97. The van der Waals surface area contributed by atoms with Crippen LogP contribution in [0.2, 0.25) is 0 Å². The lowest BCUT2D eigenvalue weighted by atomic mass is 9.99. The minimum Gasteiger partial charge on any atom is -0.465 e. The largest absolute Gasteiger partial charge is 0.465 e. The predicted octanol–water partition coefficient (Wildman–Crippen LogP) is 5.20. The molecule has 0 bridgehead atoms. The van der Waals surface area contributed by atoms with Gasteiger partial charge in [0, 0.05) is 0 Å². The molecule has 32 heavy (non-hydrogen) atoms. The third-order valence-electron chi connectivity index (χ3n) is 5.17. The molecule has 0 atom stereocenters. The van der Waals surface area contributed by atoms with E-state index >= 15 is 0 Å². The molecule has 0 spiro atoms. The summed E-state index contributed by atoms with van der Waals surface area (Å²) in [7, 11) is 0. The molecule has 0 saturated heterocycles. The maximum atomic E-state index is 12.4. The van der Waals surface area contributed by atoms with Crippen LogP contribution in [0.3, 0.4) is 0 Å². The SMILES string of the molecule is CCOC(=O)c1cccc2c1nc(OCC)n2Cc1ccc(-c2ccccc2C#N)cc1. The Hall–Kier alpha value is -4.11. The van der Waals surface area contributed by atoms with Crippen LogP contribution >= 0.6 is 0 Å². The maximum absolute atomic E-state index is 12.4. The van der Waals surface area contributed by atoms with Gasteiger partial charge in [0.1, 0.15) is 5.52 Å². The first-order chi connectivity index (χ1) is 15.7. The highest BCUT2D eigenvalue weighted by molar-refractivity contribution is 6.02. The Morgan fingerprint density at radius 3 is 2.50 bits per heavy atom. The van der Waals surface area contributed by atoms with E-state index in [4.69, 9.17) is 9.47 Å². The molecule has 3 aromatic carbocycles. The fourth-order valence-electron chi connectivity index (χ4n) is 3.70. The second-order valence-electron chi connectivity index (χ2n) is 7.16. The zero-order valence-corrected chi connectivity index (χ0v) is 18.0.